The number of ether oxygens (including phenoxy) is 3. The number of esters is 1. The lowest BCUT2D eigenvalue weighted by atomic mass is 10.0. The van der Waals surface area contributed by atoms with Crippen LogP contribution in [0.3, 0.4) is 0 Å². The van der Waals surface area contributed by atoms with Crippen molar-refractivity contribution in [1.82, 2.24) is 0 Å². The van der Waals surface area contributed by atoms with E-state index in [9.17, 15) is 14.4 Å². The summed E-state index contributed by atoms with van der Waals surface area (Å²) in [5, 5.41) is 2.72. The van der Waals surface area contributed by atoms with Gasteiger partial charge in [-0.25, -0.2) is 4.79 Å². The third-order valence-corrected chi connectivity index (χ3v) is 4.60. The summed E-state index contributed by atoms with van der Waals surface area (Å²) in [4.78, 5) is 36.5. The fourth-order valence-electron chi connectivity index (χ4n) is 3.20. The van der Waals surface area contributed by atoms with E-state index in [-0.39, 0.29) is 6.54 Å². The lowest BCUT2D eigenvalue weighted by Crippen LogP contribution is -2.27. The normalized spacial score (nSPS) is 10.8. The zero-order chi connectivity index (χ0) is 24.6. The molecule has 9 nitrogen and oxygen atoms in total. The average Bonchev–Trinajstić information content (AvgIpc) is 2.72. The van der Waals surface area contributed by atoms with Crippen molar-refractivity contribution in [3.8, 4) is 5.75 Å². The molecule has 0 unspecified atom stereocenters. The molecule has 0 heterocycles. The van der Waals surface area contributed by atoms with Crippen molar-refractivity contribution in [2.75, 3.05) is 36.7 Å². The maximum absolute atomic E-state index is 12.0. The van der Waals surface area contributed by atoms with E-state index in [1.807, 2.05) is 18.2 Å². The molecule has 0 spiro atoms. The summed E-state index contributed by atoms with van der Waals surface area (Å²) in [6, 6.07) is 10.8. The van der Waals surface area contributed by atoms with Gasteiger partial charge in [0.25, 0.3) is 6.47 Å². The predicted octanol–water partition coefficient (Wildman–Crippen LogP) is 3.55. The second-order valence-corrected chi connectivity index (χ2v) is 8.50. The van der Waals surface area contributed by atoms with Gasteiger partial charge in [-0.05, 0) is 69.0 Å². The number of amides is 1. The van der Waals surface area contributed by atoms with E-state index < -0.39 is 17.7 Å². The number of nitrogens with zero attached hydrogens (tertiary/aromatic N) is 1. The van der Waals surface area contributed by atoms with Gasteiger partial charge in [-0.2, -0.15) is 0 Å². The van der Waals surface area contributed by atoms with Crippen LogP contribution in [0.2, 0.25) is 0 Å². The number of anilines is 3. The van der Waals surface area contributed by atoms with Crippen LogP contribution in [0.5, 0.6) is 5.75 Å². The summed E-state index contributed by atoms with van der Waals surface area (Å²) in [6.07, 6.45) is 0.557. The molecule has 3 N–H and O–H groups in total. The smallest absolute Gasteiger partial charge is 0.412 e. The van der Waals surface area contributed by atoms with E-state index in [4.69, 9.17) is 19.9 Å². The second kappa shape index (κ2) is 11.2. The first kappa shape index (κ1) is 25.5. The number of carbonyl (C=O) groups is 3. The number of hydrogen-bond donors (Lipinski definition) is 2. The molecule has 9 heteroatoms. The molecule has 0 saturated heterocycles. The molecule has 0 aliphatic heterocycles. The first-order valence-electron chi connectivity index (χ1n) is 10.4. The van der Waals surface area contributed by atoms with Crippen molar-refractivity contribution in [2.24, 2.45) is 0 Å². The summed E-state index contributed by atoms with van der Waals surface area (Å²) < 4.78 is 15.3. The molecule has 0 aliphatic rings. The summed E-state index contributed by atoms with van der Waals surface area (Å²) in [5.74, 6) is -0.110. The minimum atomic E-state index is -0.595. The van der Waals surface area contributed by atoms with Crippen LogP contribution in [0.15, 0.2) is 36.4 Å². The zero-order valence-electron chi connectivity index (χ0n) is 19.6. The van der Waals surface area contributed by atoms with Crippen molar-refractivity contribution in [2.45, 2.75) is 39.2 Å². The molecule has 1 amide bonds. The van der Waals surface area contributed by atoms with Gasteiger partial charge in [0, 0.05) is 18.4 Å². The Hall–Kier alpha value is -3.75. The Morgan fingerprint density at radius 2 is 1.88 bits per heavy atom. The molecule has 0 fully saturated rings. The maximum Gasteiger partial charge on any atom is 0.412 e. The molecule has 178 valence electrons. The number of benzene rings is 2. The van der Waals surface area contributed by atoms with E-state index in [2.05, 4.69) is 5.32 Å². The summed E-state index contributed by atoms with van der Waals surface area (Å²) in [7, 11) is 2.98. The molecule has 0 aliphatic carbocycles. The van der Waals surface area contributed by atoms with Gasteiger partial charge in [0.1, 0.15) is 12.1 Å². The lowest BCUT2D eigenvalue weighted by Gasteiger charge is -2.22. The first-order chi connectivity index (χ1) is 15.5. The third kappa shape index (κ3) is 8.03. The highest BCUT2D eigenvalue weighted by molar-refractivity contribution is 5.85. The van der Waals surface area contributed by atoms with Crippen molar-refractivity contribution >= 4 is 35.6 Å². The Bertz CT molecular complexity index is 1000. The van der Waals surface area contributed by atoms with Gasteiger partial charge < -0.3 is 24.8 Å². The SMILES string of the molecule is COC(=O)CN(C)c1cc(N)cc(CCc2cccc(NC(=O)OC(C)(C)C)c2)c1OC=O. The van der Waals surface area contributed by atoms with Gasteiger partial charge in [-0.15, -0.1) is 0 Å². The van der Waals surface area contributed by atoms with Gasteiger partial charge in [0.15, 0.2) is 5.75 Å². The summed E-state index contributed by atoms with van der Waals surface area (Å²) >= 11 is 0. The number of likely N-dealkylation sites (N-methyl/N-ethyl adjacent to an activating group) is 1. The predicted molar refractivity (Wildman–Crippen MR) is 127 cm³/mol. The van der Waals surface area contributed by atoms with Crippen molar-refractivity contribution in [3.05, 3.63) is 47.5 Å². The molecule has 0 saturated carbocycles. The molecule has 2 aromatic rings. The fraction of sp³-hybridized carbons (Fsp3) is 0.375. The van der Waals surface area contributed by atoms with Crippen molar-refractivity contribution < 1.29 is 28.6 Å². The highest BCUT2D eigenvalue weighted by Gasteiger charge is 2.18. The summed E-state index contributed by atoms with van der Waals surface area (Å²) in [6.45, 7) is 5.70. The standard InChI is InChI=1S/C24H31N3O6/c1-24(2,3)33-23(30)26-19-8-6-7-16(11-19)9-10-17-12-18(25)13-20(22(17)32-15-28)27(4)14-21(29)31-5/h6-8,11-13,15H,9-10,14,25H2,1-5H3,(H,26,30). The molecule has 0 bridgehead atoms. The fourth-order valence-corrected chi connectivity index (χ4v) is 3.20. The molecular formula is C24H31N3O6. The van der Waals surface area contributed by atoms with E-state index >= 15 is 0 Å². The molecule has 0 atom stereocenters. The average molecular weight is 458 g/mol. The molecule has 0 aromatic heterocycles. The number of carbonyl (C=O) groups excluding carboxylic acids is 3. The summed E-state index contributed by atoms with van der Waals surface area (Å²) in [5.41, 5.74) is 8.72. The van der Waals surface area contributed by atoms with Crippen LogP contribution in [0.1, 0.15) is 31.9 Å². The van der Waals surface area contributed by atoms with Crippen LogP contribution in [-0.4, -0.2) is 44.8 Å². The van der Waals surface area contributed by atoms with E-state index in [0.717, 1.165) is 5.56 Å². The Labute approximate surface area is 193 Å². The van der Waals surface area contributed by atoms with E-state index in [1.54, 1.807) is 50.9 Å². The topological polar surface area (TPSA) is 120 Å². The third-order valence-electron chi connectivity index (χ3n) is 4.60. The Morgan fingerprint density at radius 1 is 1.15 bits per heavy atom. The van der Waals surface area contributed by atoms with Crippen molar-refractivity contribution in [1.29, 1.82) is 0 Å². The number of aryl methyl sites for hydroxylation is 2. The number of nitrogen functional groups attached to an aromatic ring is 1. The Morgan fingerprint density at radius 3 is 2.52 bits per heavy atom. The van der Waals surface area contributed by atoms with E-state index in [0.29, 0.717) is 47.7 Å². The van der Waals surface area contributed by atoms with Gasteiger partial charge in [-0.1, -0.05) is 12.1 Å². The molecule has 2 rings (SSSR count). The van der Waals surface area contributed by atoms with E-state index in [1.165, 1.54) is 7.11 Å². The molecular weight excluding hydrogens is 426 g/mol. The lowest BCUT2D eigenvalue weighted by molar-refractivity contribution is -0.138. The van der Waals surface area contributed by atoms with Crippen LogP contribution in [0.4, 0.5) is 21.9 Å². The second-order valence-electron chi connectivity index (χ2n) is 8.50. The molecule has 2 aromatic carbocycles. The first-order valence-corrected chi connectivity index (χ1v) is 10.4. The van der Waals surface area contributed by atoms with Crippen LogP contribution >= 0.6 is 0 Å². The van der Waals surface area contributed by atoms with Crippen LogP contribution in [0, 0.1) is 0 Å². The monoisotopic (exact) mass is 457 g/mol. The number of methoxy groups -OCH3 is 1. The van der Waals surface area contributed by atoms with Gasteiger partial charge in [0.2, 0.25) is 0 Å². The van der Waals surface area contributed by atoms with Crippen molar-refractivity contribution in [3.63, 3.8) is 0 Å². The zero-order valence-corrected chi connectivity index (χ0v) is 19.6. The highest BCUT2D eigenvalue weighted by Crippen LogP contribution is 2.35. The largest absolute Gasteiger partial charge is 0.468 e. The quantitative estimate of drug-likeness (QED) is 0.333. The minimum absolute atomic E-state index is 0.0347. The molecule has 33 heavy (non-hydrogen) atoms. The number of rotatable bonds is 9. The minimum Gasteiger partial charge on any atom is -0.468 e. The highest BCUT2D eigenvalue weighted by atomic mass is 16.6. The van der Waals surface area contributed by atoms with Crippen LogP contribution in [0.25, 0.3) is 0 Å². The van der Waals surface area contributed by atoms with Gasteiger partial charge >= 0.3 is 12.1 Å². The van der Waals surface area contributed by atoms with Crippen LogP contribution in [-0.2, 0) is 31.9 Å². The van der Waals surface area contributed by atoms with Gasteiger partial charge in [-0.3, -0.25) is 14.9 Å². The number of nitrogens with two attached hydrogens (primary N) is 1. The Balaban J connectivity index is 2.21. The number of hydrogen-bond acceptors (Lipinski definition) is 8. The van der Waals surface area contributed by atoms with Crippen LogP contribution < -0.4 is 20.7 Å². The molecule has 0 radical (unpaired) electrons. The van der Waals surface area contributed by atoms with Gasteiger partial charge in [0.05, 0.1) is 12.8 Å². The Kier molecular flexibility index (Phi) is 8.67. The number of nitrogens with one attached hydrogen (secondary N) is 1. The maximum atomic E-state index is 12.0.